The van der Waals surface area contributed by atoms with E-state index in [0.29, 0.717) is 23.4 Å². The Balaban J connectivity index is 0.000000401. The molecule has 0 amide bonds. The van der Waals surface area contributed by atoms with Crippen molar-refractivity contribution < 1.29 is 45.9 Å². The van der Waals surface area contributed by atoms with E-state index in [1.807, 2.05) is 60.7 Å². The second-order valence-electron chi connectivity index (χ2n) is 5.46. The van der Waals surface area contributed by atoms with Gasteiger partial charge in [0, 0.05) is 0 Å². The first kappa shape index (κ1) is 28.9. The summed E-state index contributed by atoms with van der Waals surface area (Å²) in [6.07, 6.45) is 0. The molecule has 7 heteroatoms. The van der Waals surface area contributed by atoms with Crippen LogP contribution in [0.4, 0.5) is 0 Å². The number of phenols is 2. The van der Waals surface area contributed by atoms with E-state index in [9.17, 15) is 0 Å². The summed E-state index contributed by atoms with van der Waals surface area (Å²) in [6, 6.07) is 33.0. The van der Waals surface area contributed by atoms with Gasteiger partial charge in [-0.3, -0.25) is 0 Å². The Morgan fingerprint density at radius 2 is 0.871 bits per heavy atom. The minimum absolute atomic E-state index is 0. The van der Waals surface area contributed by atoms with E-state index in [1.54, 1.807) is 48.5 Å². The molecule has 4 aromatic carbocycles. The number of ether oxygens (including phenoxy) is 2. The summed E-state index contributed by atoms with van der Waals surface area (Å²) in [7, 11) is 0. The fourth-order valence-corrected chi connectivity index (χ4v) is 2.17. The average molecular weight is 534 g/mol. The summed E-state index contributed by atoms with van der Waals surface area (Å²) < 4.78 is 10.0. The van der Waals surface area contributed by atoms with Crippen molar-refractivity contribution >= 4 is 25.3 Å². The smallest absolute Gasteiger partial charge is 0.508 e. The molecule has 0 saturated heterocycles. The molecule has 2 N–H and O–H groups in total. The molecule has 0 spiro atoms. The van der Waals surface area contributed by atoms with Gasteiger partial charge in [-0.2, -0.15) is 36.4 Å². The van der Waals surface area contributed by atoms with E-state index >= 15 is 0 Å². The fourth-order valence-electron chi connectivity index (χ4n) is 1.88. The zero-order valence-electron chi connectivity index (χ0n) is 16.9. The minimum atomic E-state index is 0. The second kappa shape index (κ2) is 19.9. The van der Waals surface area contributed by atoms with Gasteiger partial charge in [0.2, 0.25) is 0 Å². The number of hydrogen-bond donors (Lipinski definition) is 4. The van der Waals surface area contributed by atoms with Gasteiger partial charge in [-0.05, 0) is 48.5 Å². The number of thiol groups is 2. The van der Waals surface area contributed by atoms with Crippen molar-refractivity contribution in [2.75, 3.05) is 11.9 Å². The maximum absolute atomic E-state index is 8.85. The minimum Gasteiger partial charge on any atom is -0.508 e. The summed E-state index contributed by atoms with van der Waals surface area (Å²) in [5, 5.41) is 17.7. The molecule has 4 rings (SSSR count). The predicted molar refractivity (Wildman–Crippen MR) is 129 cm³/mol. The van der Waals surface area contributed by atoms with Crippen molar-refractivity contribution in [1.82, 2.24) is 0 Å². The number of rotatable bonds is 4. The molecule has 0 aliphatic heterocycles. The molecule has 0 bridgehead atoms. The normalized spacial score (nSPS) is 8.58. The van der Waals surface area contributed by atoms with Crippen LogP contribution in [0.2, 0.25) is 0 Å². The van der Waals surface area contributed by atoms with Gasteiger partial charge in [-0.15, -0.1) is 25.3 Å². The van der Waals surface area contributed by atoms with Crippen molar-refractivity contribution in [2.45, 2.75) is 0 Å². The fraction of sp³-hybridized carbons (Fsp3) is 0.0833. The number of benzene rings is 2. The summed E-state index contributed by atoms with van der Waals surface area (Å²) in [4.78, 5) is 0. The topological polar surface area (TPSA) is 58.9 Å². The van der Waals surface area contributed by atoms with Gasteiger partial charge in [0.25, 0.3) is 0 Å². The van der Waals surface area contributed by atoms with Crippen molar-refractivity contribution in [3.63, 3.8) is 0 Å². The van der Waals surface area contributed by atoms with E-state index in [-0.39, 0.29) is 37.7 Å². The Morgan fingerprint density at radius 3 is 1.06 bits per heavy atom. The molecule has 0 heterocycles. The van der Waals surface area contributed by atoms with Crippen LogP contribution in [0, 0.1) is 0 Å². The van der Waals surface area contributed by atoms with Crippen molar-refractivity contribution in [3.05, 3.63) is 109 Å². The molecule has 4 nitrogen and oxygen atoms in total. The van der Waals surface area contributed by atoms with Crippen LogP contribution >= 0.6 is 25.3 Å². The number of hydrogen-bond acceptors (Lipinski definition) is 6. The number of phenolic OH excluding ortho intramolecular Hbond substituents is 2. The van der Waals surface area contributed by atoms with E-state index in [0.717, 1.165) is 0 Å². The molecule has 0 aliphatic rings. The van der Waals surface area contributed by atoms with Crippen molar-refractivity contribution in [2.24, 2.45) is 0 Å². The molecule has 0 aliphatic carbocycles. The predicted octanol–water partition coefficient (Wildman–Crippen LogP) is 6.13. The third kappa shape index (κ3) is 16.3. The molecule has 0 atom stereocenters. The summed E-state index contributed by atoms with van der Waals surface area (Å²) >= 11 is 7.75. The Hall–Kier alpha value is -2.08. The Morgan fingerprint density at radius 1 is 0.581 bits per heavy atom. The molecule has 31 heavy (non-hydrogen) atoms. The zero-order valence-corrected chi connectivity index (χ0v) is 21.2. The zero-order chi connectivity index (χ0) is 21.9. The van der Waals surface area contributed by atoms with Crippen LogP contribution < -0.4 is 9.47 Å². The van der Waals surface area contributed by atoms with Gasteiger partial charge in [0.1, 0.15) is 34.9 Å². The Bertz CT molecular complexity index is 726. The SMILES string of the molecule is Oc1ccc(OCS)cc1.Oc1ccc(OCS)cc1.[Zr+2].c1cc[cH-]c1.c1cc[cH-]c1. The van der Waals surface area contributed by atoms with Gasteiger partial charge < -0.3 is 19.7 Å². The van der Waals surface area contributed by atoms with Gasteiger partial charge in [-0.1, -0.05) is 0 Å². The molecular weight excluding hydrogens is 508 g/mol. The third-order valence-corrected chi connectivity index (χ3v) is 3.51. The first-order valence-corrected chi connectivity index (χ1v) is 10.3. The largest absolute Gasteiger partial charge is 2.00 e. The maximum Gasteiger partial charge on any atom is 2.00 e. The molecule has 162 valence electrons. The van der Waals surface area contributed by atoms with Crippen LogP contribution in [-0.4, -0.2) is 22.1 Å². The summed E-state index contributed by atoms with van der Waals surface area (Å²) in [6.45, 7) is 0. The monoisotopic (exact) mass is 532 g/mol. The molecule has 0 fully saturated rings. The molecular formula is C24H26O4S2Zr. The van der Waals surface area contributed by atoms with Crippen LogP contribution in [0.15, 0.2) is 109 Å². The first-order valence-electron chi connectivity index (χ1n) is 9.04. The van der Waals surface area contributed by atoms with E-state index in [1.165, 1.54) is 0 Å². The summed E-state index contributed by atoms with van der Waals surface area (Å²) in [5.41, 5.74) is 0. The van der Waals surface area contributed by atoms with Gasteiger partial charge >= 0.3 is 26.2 Å². The summed E-state index contributed by atoms with van der Waals surface area (Å²) in [5.74, 6) is 2.62. The van der Waals surface area contributed by atoms with Crippen LogP contribution in [0.1, 0.15) is 0 Å². The Kier molecular flexibility index (Phi) is 18.5. The van der Waals surface area contributed by atoms with Gasteiger partial charge in [0.05, 0.1) is 0 Å². The van der Waals surface area contributed by atoms with E-state index < -0.39 is 0 Å². The average Bonchev–Trinajstić information content (AvgIpc) is 3.52. The van der Waals surface area contributed by atoms with Crippen LogP contribution in [-0.2, 0) is 26.2 Å². The molecule has 0 radical (unpaired) electrons. The maximum atomic E-state index is 8.85. The third-order valence-electron chi connectivity index (χ3n) is 3.25. The van der Waals surface area contributed by atoms with E-state index in [2.05, 4.69) is 25.3 Å². The van der Waals surface area contributed by atoms with Gasteiger partial charge in [0.15, 0.2) is 0 Å². The van der Waals surface area contributed by atoms with E-state index in [4.69, 9.17) is 19.7 Å². The van der Waals surface area contributed by atoms with Crippen molar-refractivity contribution in [1.29, 1.82) is 0 Å². The van der Waals surface area contributed by atoms with Crippen LogP contribution in [0.3, 0.4) is 0 Å². The molecule has 0 saturated carbocycles. The first-order chi connectivity index (χ1) is 14.7. The molecule has 0 unspecified atom stereocenters. The molecule has 0 aromatic heterocycles. The van der Waals surface area contributed by atoms with Crippen molar-refractivity contribution in [3.8, 4) is 23.0 Å². The van der Waals surface area contributed by atoms with Crippen LogP contribution in [0.25, 0.3) is 0 Å². The quantitative estimate of drug-likeness (QED) is 0.145. The standard InChI is InChI=1S/2C7H8O2S.2C5H5.Zr/c2*8-6-1-3-7(4-2-6)9-5-10;2*1-2-4-5-3-1;/h2*1-4,8,10H,5H2;2*1-5H;/q;;2*-1;+2. The van der Waals surface area contributed by atoms with Crippen LogP contribution in [0.5, 0.6) is 23.0 Å². The van der Waals surface area contributed by atoms with Gasteiger partial charge in [-0.25, -0.2) is 24.3 Å². The number of aromatic hydroxyl groups is 2. The second-order valence-corrected chi connectivity index (χ2v) is 5.98. The molecule has 4 aromatic rings. The Labute approximate surface area is 214 Å².